The molecule has 0 atom stereocenters. The van der Waals surface area contributed by atoms with Crippen LogP contribution in [0.25, 0.3) is 0 Å². The second-order valence-electron chi connectivity index (χ2n) is 0. The lowest BCUT2D eigenvalue weighted by molar-refractivity contribution is 5.75. The SMILES string of the molecule is [B].[B].[B].[B].[B].[B].[B].[B].[B].[B].[B].[B].[B].[B].[B].[B].[B].[B].[B].[B].[B].[B].[B].[B].[B].[B].[B].[B].[B].[B].[B].[B].[B].[B].[B].[B].[B].[B].[B].[B].[B].[B].[B].[B].[B].[B].[B].[B]. The van der Waals surface area contributed by atoms with E-state index >= 15 is 0 Å². The van der Waals surface area contributed by atoms with Gasteiger partial charge in [-0.25, -0.2) is 0 Å². The molecule has 0 aromatic heterocycles. The largest absolute Gasteiger partial charge is 0 e. The van der Waals surface area contributed by atoms with Crippen LogP contribution < -0.4 is 0 Å². The molecule has 0 N–H and O–H groups in total. The van der Waals surface area contributed by atoms with Crippen LogP contribution in [0.3, 0.4) is 0 Å². The van der Waals surface area contributed by atoms with E-state index in [1.54, 1.807) is 0 Å². The highest BCUT2D eigenvalue weighted by atomic mass is 10.9. The molecule has 0 nitrogen and oxygen atoms in total. The Morgan fingerprint density at radius 3 is 0.0208 bits per heavy atom. The summed E-state index contributed by atoms with van der Waals surface area (Å²) in [6.45, 7) is 0. The molecule has 0 heterocycles. The van der Waals surface area contributed by atoms with Crippen LogP contribution in [0.5, 0.6) is 0 Å². The molecule has 0 aromatic rings. The van der Waals surface area contributed by atoms with Crippen molar-refractivity contribution in [2.75, 3.05) is 0 Å². The van der Waals surface area contributed by atoms with Crippen LogP contribution in [0.2, 0.25) is 0 Å². The summed E-state index contributed by atoms with van der Waals surface area (Å²) in [4.78, 5) is 0. The Hall–Kier alpha value is 3.12. The van der Waals surface area contributed by atoms with Gasteiger partial charge in [0.05, 0.1) is 0 Å². The molecule has 0 saturated carbocycles. The normalized spacial score (nSPS) is 0. The molecule has 0 saturated heterocycles. The maximum absolute atomic E-state index is 0. The minimum Gasteiger partial charge on any atom is 0 e. The minimum absolute atomic E-state index is 0. The van der Waals surface area contributed by atoms with Gasteiger partial charge >= 0.3 is 0 Å². The van der Waals surface area contributed by atoms with Gasteiger partial charge in [0, 0.05) is 404 Å². The molecule has 0 amide bonds. The summed E-state index contributed by atoms with van der Waals surface area (Å²) in [6.07, 6.45) is 0. The number of hydrogen-bond donors (Lipinski definition) is 0. The maximum Gasteiger partial charge on any atom is 0 e. The van der Waals surface area contributed by atoms with E-state index in [0.29, 0.717) is 0 Å². The lowest BCUT2D eigenvalue weighted by Crippen LogP contribution is -0.382. The average molecular weight is 519 g/mol. The molecule has 0 unspecified atom stereocenters. The van der Waals surface area contributed by atoms with Gasteiger partial charge in [-0.05, 0) is 0 Å². The van der Waals surface area contributed by atoms with Crippen molar-refractivity contribution >= 4 is 404 Å². The van der Waals surface area contributed by atoms with Crippen LogP contribution in [0, 0.1) is 0 Å². The first-order valence-corrected chi connectivity index (χ1v) is 0. The third-order valence-electron chi connectivity index (χ3n) is 0. The smallest absolute Gasteiger partial charge is 0 e. The van der Waals surface area contributed by atoms with Gasteiger partial charge in [0.25, 0.3) is 0 Å². The van der Waals surface area contributed by atoms with Gasteiger partial charge in [0.15, 0.2) is 0 Å². The van der Waals surface area contributed by atoms with Crippen molar-refractivity contribution in [3.05, 3.63) is 0 Å². The summed E-state index contributed by atoms with van der Waals surface area (Å²) in [5.74, 6) is 0. The third kappa shape index (κ3) is 11700. The summed E-state index contributed by atoms with van der Waals surface area (Å²) >= 11 is 0. The first kappa shape index (κ1) is 13200. The molecular formula is B48. The fourth-order valence-corrected chi connectivity index (χ4v) is 0. The molecule has 0 aliphatic heterocycles. The summed E-state index contributed by atoms with van der Waals surface area (Å²) in [6, 6.07) is 0. The molecular weight excluding hydrogens is 519 g/mol. The van der Waals surface area contributed by atoms with Crippen molar-refractivity contribution < 1.29 is 0 Å². The average Bonchev–Trinajstić information content (AvgIpc) is 0. The summed E-state index contributed by atoms with van der Waals surface area (Å²) in [5.41, 5.74) is 0. The van der Waals surface area contributed by atoms with Crippen molar-refractivity contribution in [3.8, 4) is 0 Å². The molecule has 0 aliphatic carbocycles. The molecule has 48 heteroatoms. The summed E-state index contributed by atoms with van der Waals surface area (Å²) in [5, 5.41) is 0. The van der Waals surface area contributed by atoms with E-state index in [1.807, 2.05) is 0 Å². The first-order valence-electron chi connectivity index (χ1n) is 0. The monoisotopic (exact) mass is 528 g/mol. The van der Waals surface area contributed by atoms with Gasteiger partial charge in [-0.15, -0.1) is 0 Å². The molecule has 0 rings (SSSR count). The van der Waals surface area contributed by atoms with Crippen molar-refractivity contribution in [2.24, 2.45) is 0 Å². The number of rotatable bonds is 0. The molecule has 48 heavy (non-hydrogen) atoms. The standard InChI is InChI=1S/48B. The van der Waals surface area contributed by atoms with Crippen LogP contribution in [0.4, 0.5) is 0 Å². The molecule has 0 bridgehead atoms. The van der Waals surface area contributed by atoms with Gasteiger partial charge in [0.1, 0.15) is 0 Å². The second-order valence-corrected chi connectivity index (χ2v) is 0. The Labute approximate surface area is 401 Å². The molecule has 0 aromatic carbocycles. The summed E-state index contributed by atoms with van der Waals surface area (Å²) < 4.78 is 0. The summed E-state index contributed by atoms with van der Waals surface area (Å²) in [7, 11) is 0. The Kier molecular flexibility index (Phi) is 3430000. The Morgan fingerprint density at radius 1 is 0.0208 bits per heavy atom. The van der Waals surface area contributed by atoms with Crippen LogP contribution in [0.1, 0.15) is 0 Å². The minimum atomic E-state index is 0. The Balaban J connectivity index is 0. The zero-order chi connectivity index (χ0) is 0. The lowest BCUT2D eigenvalue weighted by atomic mass is 10.8. The van der Waals surface area contributed by atoms with E-state index in [4.69, 9.17) is 0 Å². The van der Waals surface area contributed by atoms with Crippen molar-refractivity contribution in [1.29, 1.82) is 0 Å². The van der Waals surface area contributed by atoms with E-state index < -0.39 is 0 Å². The van der Waals surface area contributed by atoms with Crippen LogP contribution in [0.15, 0.2) is 0 Å². The fourth-order valence-electron chi connectivity index (χ4n) is 0. The quantitative estimate of drug-likeness (QED) is 0.280. The predicted octanol–water partition coefficient (Wildman–Crippen LogP) is -18.3. The molecule has 0 fully saturated rings. The molecule has 144 radical (unpaired) electrons. The molecule has 0 spiro atoms. The Bertz CT molecular complexity index is 0. The molecule has 0 aliphatic rings. The van der Waals surface area contributed by atoms with E-state index in [0.717, 1.165) is 0 Å². The van der Waals surface area contributed by atoms with Crippen molar-refractivity contribution in [1.82, 2.24) is 0 Å². The Morgan fingerprint density at radius 2 is 0.0208 bits per heavy atom. The topological polar surface area (TPSA) is 0 Å². The van der Waals surface area contributed by atoms with Crippen LogP contribution in [-0.2, 0) is 0 Å². The fraction of sp³-hybridized carbons (Fsp3) is 0. The zero-order valence-corrected chi connectivity index (χ0v) is 27.7. The lowest BCUT2D eigenvalue weighted by Gasteiger charge is -0.00100. The van der Waals surface area contributed by atoms with Gasteiger partial charge in [-0.3, -0.25) is 0 Å². The number of hydrogen-bond acceptors (Lipinski definition) is 0. The van der Waals surface area contributed by atoms with Gasteiger partial charge in [-0.1, -0.05) is 0 Å². The van der Waals surface area contributed by atoms with Gasteiger partial charge in [0.2, 0.25) is 0 Å². The first-order chi connectivity index (χ1) is 0. The highest BCUT2D eigenvalue weighted by Crippen LogP contribution is -0.334. The van der Waals surface area contributed by atoms with Crippen molar-refractivity contribution in [3.63, 3.8) is 0 Å². The highest BCUT2D eigenvalue weighted by Gasteiger charge is 0.0470. The predicted molar refractivity (Wildman–Crippen MR) is 276 cm³/mol. The second kappa shape index (κ2) is 12400. The van der Waals surface area contributed by atoms with E-state index in [2.05, 4.69) is 0 Å². The van der Waals surface area contributed by atoms with Gasteiger partial charge < -0.3 is 0 Å². The maximum atomic E-state index is 0. The van der Waals surface area contributed by atoms with Crippen molar-refractivity contribution in [2.45, 2.75) is 0 Å². The zero-order valence-electron chi connectivity index (χ0n) is 27.7. The van der Waals surface area contributed by atoms with Crippen LogP contribution >= 0.6 is 0 Å². The highest BCUT2D eigenvalue weighted by molar-refractivity contribution is 5.80. The molecule has 144 valence electrons. The third-order valence-corrected chi connectivity index (χ3v) is 0. The van der Waals surface area contributed by atoms with Gasteiger partial charge in [-0.2, -0.15) is 0 Å². The van der Waals surface area contributed by atoms with E-state index in [1.165, 1.54) is 0 Å². The van der Waals surface area contributed by atoms with E-state index in [-0.39, 0.29) is 404 Å². The van der Waals surface area contributed by atoms with Crippen LogP contribution in [-0.4, -0.2) is 404 Å². The van der Waals surface area contributed by atoms with E-state index in [9.17, 15) is 0 Å².